The Morgan fingerprint density at radius 3 is 2.42 bits per heavy atom. The second-order valence-corrected chi connectivity index (χ2v) is 2.44. The van der Waals surface area contributed by atoms with Crippen LogP contribution in [0.5, 0.6) is 0 Å². The van der Waals surface area contributed by atoms with Crippen molar-refractivity contribution in [2.24, 2.45) is 5.73 Å². The first-order valence-electron chi connectivity index (χ1n) is 4.32. The molecular formula is C9H18N2O. The SMILES string of the molecule is C/C(N)=C1\COCCC1=N.CC. The van der Waals surface area contributed by atoms with Crippen molar-refractivity contribution < 1.29 is 4.74 Å². The van der Waals surface area contributed by atoms with E-state index in [1.165, 1.54) is 0 Å². The van der Waals surface area contributed by atoms with E-state index in [1.807, 2.05) is 13.8 Å². The van der Waals surface area contributed by atoms with Gasteiger partial charge in [0, 0.05) is 23.4 Å². The fourth-order valence-corrected chi connectivity index (χ4v) is 0.938. The molecule has 3 N–H and O–H groups in total. The second kappa shape index (κ2) is 5.77. The smallest absolute Gasteiger partial charge is 0.0751 e. The summed E-state index contributed by atoms with van der Waals surface area (Å²) < 4.78 is 5.14. The van der Waals surface area contributed by atoms with Gasteiger partial charge in [0.05, 0.1) is 13.2 Å². The van der Waals surface area contributed by atoms with E-state index in [-0.39, 0.29) is 0 Å². The van der Waals surface area contributed by atoms with Crippen molar-refractivity contribution in [3.8, 4) is 0 Å². The third-order valence-electron chi connectivity index (χ3n) is 1.58. The quantitative estimate of drug-likeness (QED) is 0.581. The molecule has 0 aliphatic carbocycles. The van der Waals surface area contributed by atoms with Gasteiger partial charge in [0.25, 0.3) is 0 Å². The molecule has 0 unspecified atom stereocenters. The molecule has 70 valence electrons. The monoisotopic (exact) mass is 170 g/mol. The van der Waals surface area contributed by atoms with Gasteiger partial charge in [-0.1, -0.05) is 13.8 Å². The molecule has 0 saturated carbocycles. The van der Waals surface area contributed by atoms with Gasteiger partial charge < -0.3 is 15.9 Å². The fourth-order valence-electron chi connectivity index (χ4n) is 0.938. The van der Waals surface area contributed by atoms with Gasteiger partial charge in [-0.3, -0.25) is 0 Å². The highest BCUT2D eigenvalue weighted by Gasteiger charge is 2.12. The van der Waals surface area contributed by atoms with Crippen molar-refractivity contribution in [3.05, 3.63) is 11.3 Å². The first-order chi connectivity index (χ1) is 5.72. The van der Waals surface area contributed by atoms with Crippen LogP contribution in [-0.4, -0.2) is 18.9 Å². The molecule has 0 aromatic carbocycles. The standard InChI is InChI=1S/C7H12N2O.C2H6/c1-5(8)6-4-10-3-2-7(6)9;1-2/h9H,2-4,8H2,1H3;1-2H3/b6-5-,9-7?;. The highest BCUT2D eigenvalue weighted by molar-refractivity contribution is 5.99. The normalized spacial score (nSPS) is 21.1. The Kier molecular flexibility index (Phi) is 5.37. The van der Waals surface area contributed by atoms with E-state index in [9.17, 15) is 0 Å². The molecule has 0 amide bonds. The Bertz CT molecular complexity index is 181. The topological polar surface area (TPSA) is 59.1 Å². The maximum atomic E-state index is 7.46. The zero-order valence-electron chi connectivity index (χ0n) is 8.11. The summed E-state index contributed by atoms with van der Waals surface area (Å²) in [5.41, 5.74) is 7.73. The minimum absolute atomic E-state index is 0.515. The molecule has 0 aromatic heterocycles. The lowest BCUT2D eigenvalue weighted by molar-refractivity contribution is 0.156. The summed E-state index contributed by atoms with van der Waals surface area (Å²) in [6.07, 6.45) is 0.698. The molecule has 3 nitrogen and oxygen atoms in total. The van der Waals surface area contributed by atoms with Crippen molar-refractivity contribution in [2.75, 3.05) is 13.2 Å². The summed E-state index contributed by atoms with van der Waals surface area (Å²) in [5, 5.41) is 7.46. The van der Waals surface area contributed by atoms with Crippen molar-refractivity contribution in [1.29, 1.82) is 5.41 Å². The number of rotatable bonds is 0. The van der Waals surface area contributed by atoms with Crippen LogP contribution < -0.4 is 5.73 Å². The van der Waals surface area contributed by atoms with E-state index in [4.69, 9.17) is 15.9 Å². The van der Waals surface area contributed by atoms with E-state index in [0.29, 0.717) is 31.0 Å². The first-order valence-corrected chi connectivity index (χ1v) is 4.32. The molecular weight excluding hydrogens is 152 g/mol. The Labute approximate surface area is 74.1 Å². The fraction of sp³-hybridized carbons (Fsp3) is 0.667. The third-order valence-corrected chi connectivity index (χ3v) is 1.58. The van der Waals surface area contributed by atoms with Crippen LogP contribution in [0.3, 0.4) is 0 Å². The highest BCUT2D eigenvalue weighted by atomic mass is 16.5. The molecule has 1 fully saturated rings. The third kappa shape index (κ3) is 3.05. The van der Waals surface area contributed by atoms with Crippen molar-refractivity contribution in [3.63, 3.8) is 0 Å². The number of nitrogens with one attached hydrogen (secondary N) is 1. The lowest BCUT2D eigenvalue weighted by Crippen LogP contribution is -2.21. The summed E-state index contributed by atoms with van der Waals surface area (Å²) in [7, 11) is 0. The minimum atomic E-state index is 0.515. The molecule has 1 aliphatic heterocycles. The molecule has 1 heterocycles. The highest BCUT2D eigenvalue weighted by Crippen LogP contribution is 2.10. The number of ether oxygens (including phenoxy) is 1. The van der Waals surface area contributed by atoms with Gasteiger partial charge >= 0.3 is 0 Å². The van der Waals surface area contributed by atoms with Crippen LogP contribution in [0.1, 0.15) is 27.2 Å². The Balaban J connectivity index is 0.000000561. The maximum absolute atomic E-state index is 7.46. The van der Waals surface area contributed by atoms with Gasteiger partial charge in [-0.15, -0.1) is 0 Å². The zero-order chi connectivity index (χ0) is 9.56. The van der Waals surface area contributed by atoms with Crippen LogP contribution in [0.25, 0.3) is 0 Å². The van der Waals surface area contributed by atoms with Crippen LogP contribution in [0.4, 0.5) is 0 Å². The molecule has 1 aliphatic rings. The predicted octanol–water partition coefficient (Wildman–Crippen LogP) is 1.69. The summed E-state index contributed by atoms with van der Waals surface area (Å²) in [6, 6.07) is 0. The lowest BCUT2D eigenvalue weighted by atomic mass is 10.1. The van der Waals surface area contributed by atoms with E-state index >= 15 is 0 Å². The van der Waals surface area contributed by atoms with Gasteiger partial charge in [-0.25, -0.2) is 0 Å². The van der Waals surface area contributed by atoms with E-state index < -0.39 is 0 Å². The second-order valence-electron chi connectivity index (χ2n) is 2.44. The van der Waals surface area contributed by atoms with Crippen molar-refractivity contribution >= 4 is 5.71 Å². The number of nitrogens with two attached hydrogens (primary N) is 1. The molecule has 0 spiro atoms. The van der Waals surface area contributed by atoms with Gasteiger partial charge in [-0.2, -0.15) is 0 Å². The Hall–Kier alpha value is -0.830. The van der Waals surface area contributed by atoms with Gasteiger partial charge in [-0.05, 0) is 6.92 Å². The molecule has 0 atom stereocenters. The predicted molar refractivity (Wildman–Crippen MR) is 51.4 cm³/mol. The molecule has 12 heavy (non-hydrogen) atoms. The summed E-state index contributed by atoms with van der Waals surface area (Å²) >= 11 is 0. The molecule has 1 saturated heterocycles. The van der Waals surface area contributed by atoms with Crippen LogP contribution in [-0.2, 0) is 4.74 Å². The number of allylic oxidation sites excluding steroid dienone is 1. The van der Waals surface area contributed by atoms with Crippen molar-refractivity contribution in [2.45, 2.75) is 27.2 Å². The molecule has 0 bridgehead atoms. The van der Waals surface area contributed by atoms with Crippen molar-refractivity contribution in [1.82, 2.24) is 0 Å². The first kappa shape index (κ1) is 11.2. The Morgan fingerprint density at radius 1 is 1.50 bits per heavy atom. The van der Waals surface area contributed by atoms with Crippen LogP contribution in [0.2, 0.25) is 0 Å². The minimum Gasteiger partial charge on any atom is -0.402 e. The Morgan fingerprint density at radius 2 is 2.08 bits per heavy atom. The lowest BCUT2D eigenvalue weighted by Gasteiger charge is -2.16. The average molecular weight is 170 g/mol. The van der Waals surface area contributed by atoms with Crippen LogP contribution in [0.15, 0.2) is 11.3 Å². The van der Waals surface area contributed by atoms with Crippen LogP contribution in [0, 0.1) is 5.41 Å². The summed E-state index contributed by atoms with van der Waals surface area (Å²) in [4.78, 5) is 0. The summed E-state index contributed by atoms with van der Waals surface area (Å²) in [6.45, 7) is 6.98. The molecule has 1 rings (SSSR count). The number of hydrogen-bond donors (Lipinski definition) is 2. The van der Waals surface area contributed by atoms with Gasteiger partial charge in [0.2, 0.25) is 0 Å². The largest absolute Gasteiger partial charge is 0.402 e. The molecule has 0 radical (unpaired) electrons. The zero-order valence-corrected chi connectivity index (χ0v) is 8.11. The van der Waals surface area contributed by atoms with Crippen LogP contribution >= 0.6 is 0 Å². The molecule has 0 aromatic rings. The number of hydrogen-bond acceptors (Lipinski definition) is 3. The van der Waals surface area contributed by atoms with Gasteiger partial charge in [0.1, 0.15) is 0 Å². The molecule has 3 heteroatoms. The van der Waals surface area contributed by atoms with Gasteiger partial charge in [0.15, 0.2) is 0 Å². The summed E-state index contributed by atoms with van der Waals surface area (Å²) in [5.74, 6) is 0. The average Bonchev–Trinajstić information content (AvgIpc) is 2.08. The van der Waals surface area contributed by atoms with E-state index in [2.05, 4.69) is 0 Å². The van der Waals surface area contributed by atoms with E-state index in [1.54, 1.807) is 6.92 Å². The van der Waals surface area contributed by atoms with E-state index in [0.717, 1.165) is 5.57 Å². The maximum Gasteiger partial charge on any atom is 0.0751 e.